The van der Waals surface area contributed by atoms with Gasteiger partial charge in [0.2, 0.25) is 0 Å². The van der Waals surface area contributed by atoms with E-state index in [0.29, 0.717) is 25.3 Å². The number of nitrogens with one attached hydrogen (secondary N) is 1. The highest BCUT2D eigenvalue weighted by Gasteiger charge is 2.09. The fourth-order valence-corrected chi connectivity index (χ4v) is 2.34. The molecule has 0 saturated carbocycles. The summed E-state index contributed by atoms with van der Waals surface area (Å²) < 4.78 is 16.1. The highest BCUT2D eigenvalue weighted by molar-refractivity contribution is 5.89. The number of rotatable bonds is 7. The van der Waals surface area contributed by atoms with Crippen molar-refractivity contribution < 1.29 is 18.4 Å². The van der Waals surface area contributed by atoms with Gasteiger partial charge in [-0.15, -0.1) is 0 Å². The zero-order chi connectivity index (χ0) is 16.8. The third kappa shape index (κ3) is 3.94. The first-order valence-corrected chi connectivity index (χ1v) is 7.85. The molecule has 5 nitrogen and oxygen atoms in total. The van der Waals surface area contributed by atoms with Crippen molar-refractivity contribution in [3.8, 4) is 11.3 Å². The van der Waals surface area contributed by atoms with Crippen LogP contribution in [0.3, 0.4) is 0 Å². The van der Waals surface area contributed by atoms with Gasteiger partial charge in [0.05, 0.1) is 31.5 Å². The third-order valence-corrected chi connectivity index (χ3v) is 3.52. The number of esters is 1. The summed E-state index contributed by atoms with van der Waals surface area (Å²) in [7, 11) is 0. The number of benzene rings is 1. The number of hydrogen-bond donors (Lipinski definition) is 1. The monoisotopic (exact) mass is 325 g/mol. The van der Waals surface area contributed by atoms with Crippen LogP contribution in [-0.4, -0.2) is 12.6 Å². The lowest BCUT2D eigenvalue weighted by Crippen LogP contribution is -2.11. The molecule has 24 heavy (non-hydrogen) atoms. The third-order valence-electron chi connectivity index (χ3n) is 3.52. The Labute approximate surface area is 140 Å². The van der Waals surface area contributed by atoms with Crippen LogP contribution in [0.2, 0.25) is 0 Å². The van der Waals surface area contributed by atoms with Crippen LogP contribution in [0.1, 0.15) is 28.8 Å². The van der Waals surface area contributed by atoms with Gasteiger partial charge in [0.1, 0.15) is 17.3 Å². The lowest BCUT2D eigenvalue weighted by atomic mass is 10.1. The van der Waals surface area contributed by atoms with Crippen LogP contribution in [0.5, 0.6) is 0 Å². The van der Waals surface area contributed by atoms with E-state index in [4.69, 9.17) is 13.6 Å². The quantitative estimate of drug-likeness (QED) is 0.665. The topological polar surface area (TPSA) is 64.6 Å². The summed E-state index contributed by atoms with van der Waals surface area (Å²) in [6, 6.07) is 14.8. The molecule has 0 bridgehead atoms. The van der Waals surface area contributed by atoms with E-state index in [2.05, 4.69) is 5.32 Å². The van der Waals surface area contributed by atoms with Crippen molar-refractivity contribution in [3.05, 3.63) is 71.9 Å². The molecule has 1 N–H and O–H groups in total. The maximum Gasteiger partial charge on any atom is 0.338 e. The maximum absolute atomic E-state index is 11.7. The highest BCUT2D eigenvalue weighted by Crippen LogP contribution is 2.23. The molecule has 124 valence electrons. The summed E-state index contributed by atoms with van der Waals surface area (Å²) in [5.41, 5.74) is 1.45. The summed E-state index contributed by atoms with van der Waals surface area (Å²) in [4.78, 5) is 11.7. The first-order chi connectivity index (χ1) is 11.8. The Hall–Kier alpha value is -2.79. The first-order valence-electron chi connectivity index (χ1n) is 7.85. The van der Waals surface area contributed by atoms with Crippen LogP contribution in [0.4, 0.5) is 0 Å². The number of carbonyl (C=O) groups is 1. The number of hydrogen-bond acceptors (Lipinski definition) is 5. The fourth-order valence-electron chi connectivity index (χ4n) is 2.34. The lowest BCUT2D eigenvalue weighted by molar-refractivity contribution is 0.0526. The Morgan fingerprint density at radius 3 is 2.54 bits per heavy atom. The molecule has 3 aromatic rings. The Morgan fingerprint density at radius 2 is 1.83 bits per heavy atom. The second kappa shape index (κ2) is 7.66. The number of furan rings is 2. The second-order valence-corrected chi connectivity index (χ2v) is 5.25. The minimum absolute atomic E-state index is 0.314. The van der Waals surface area contributed by atoms with Gasteiger partial charge in [0.25, 0.3) is 0 Å². The van der Waals surface area contributed by atoms with Gasteiger partial charge in [-0.2, -0.15) is 0 Å². The smallest absolute Gasteiger partial charge is 0.338 e. The molecule has 0 amide bonds. The van der Waals surface area contributed by atoms with Gasteiger partial charge in [0, 0.05) is 5.56 Å². The largest absolute Gasteiger partial charge is 0.468 e. The van der Waals surface area contributed by atoms with Crippen molar-refractivity contribution in [3.63, 3.8) is 0 Å². The predicted molar refractivity (Wildman–Crippen MR) is 89.4 cm³/mol. The van der Waals surface area contributed by atoms with Crippen LogP contribution in [0.25, 0.3) is 11.3 Å². The zero-order valence-electron chi connectivity index (χ0n) is 13.5. The molecule has 0 aliphatic carbocycles. The molecular weight excluding hydrogens is 306 g/mol. The average Bonchev–Trinajstić information content (AvgIpc) is 3.27. The summed E-state index contributed by atoms with van der Waals surface area (Å²) in [6.45, 7) is 3.42. The minimum Gasteiger partial charge on any atom is -0.468 e. The van der Waals surface area contributed by atoms with Crippen LogP contribution in [0, 0.1) is 0 Å². The molecule has 0 aliphatic heterocycles. The van der Waals surface area contributed by atoms with E-state index in [9.17, 15) is 4.79 Å². The summed E-state index contributed by atoms with van der Waals surface area (Å²) in [5, 5.41) is 3.26. The minimum atomic E-state index is -0.314. The van der Waals surface area contributed by atoms with Crippen LogP contribution in [0.15, 0.2) is 63.6 Å². The van der Waals surface area contributed by atoms with Crippen LogP contribution in [-0.2, 0) is 17.8 Å². The van der Waals surface area contributed by atoms with Gasteiger partial charge >= 0.3 is 5.97 Å². The summed E-state index contributed by atoms with van der Waals surface area (Å²) >= 11 is 0. The van der Waals surface area contributed by atoms with Crippen molar-refractivity contribution >= 4 is 5.97 Å². The van der Waals surface area contributed by atoms with E-state index >= 15 is 0 Å². The second-order valence-electron chi connectivity index (χ2n) is 5.25. The molecule has 0 unspecified atom stereocenters. The maximum atomic E-state index is 11.7. The van der Waals surface area contributed by atoms with Gasteiger partial charge < -0.3 is 18.9 Å². The van der Waals surface area contributed by atoms with E-state index in [1.165, 1.54) is 0 Å². The van der Waals surface area contributed by atoms with Crippen molar-refractivity contribution in [2.24, 2.45) is 0 Å². The van der Waals surface area contributed by atoms with Gasteiger partial charge in [-0.05, 0) is 43.3 Å². The molecule has 0 saturated heterocycles. The molecule has 3 rings (SSSR count). The van der Waals surface area contributed by atoms with Crippen molar-refractivity contribution in [2.75, 3.05) is 6.61 Å². The molecule has 0 atom stereocenters. The molecule has 0 aliphatic rings. The SMILES string of the molecule is CCOC(=O)c1ccc(-c2ccc(CNCc3ccco3)o2)cc1. The van der Waals surface area contributed by atoms with E-state index in [-0.39, 0.29) is 5.97 Å². The van der Waals surface area contributed by atoms with E-state index < -0.39 is 0 Å². The number of ether oxygens (including phenoxy) is 1. The first kappa shape index (κ1) is 16.1. The summed E-state index contributed by atoms with van der Waals surface area (Å²) in [5.74, 6) is 2.17. The normalized spacial score (nSPS) is 10.7. The molecule has 2 aromatic heterocycles. The van der Waals surface area contributed by atoms with Crippen molar-refractivity contribution in [1.29, 1.82) is 0 Å². The molecular formula is C19H19NO4. The van der Waals surface area contributed by atoms with Gasteiger partial charge in [-0.3, -0.25) is 0 Å². The van der Waals surface area contributed by atoms with Crippen molar-refractivity contribution in [1.82, 2.24) is 5.32 Å². The Morgan fingerprint density at radius 1 is 1.04 bits per heavy atom. The van der Waals surface area contributed by atoms with Crippen molar-refractivity contribution in [2.45, 2.75) is 20.0 Å². The molecule has 0 fully saturated rings. The highest BCUT2D eigenvalue weighted by atomic mass is 16.5. The van der Waals surface area contributed by atoms with Gasteiger partial charge in [-0.25, -0.2) is 4.79 Å². The molecule has 1 aromatic carbocycles. The summed E-state index contributed by atoms with van der Waals surface area (Å²) in [6.07, 6.45) is 1.65. The Kier molecular flexibility index (Phi) is 5.13. The van der Waals surface area contributed by atoms with Gasteiger partial charge in [-0.1, -0.05) is 12.1 Å². The average molecular weight is 325 g/mol. The fraction of sp³-hybridized carbons (Fsp3) is 0.211. The van der Waals surface area contributed by atoms with Crippen LogP contribution >= 0.6 is 0 Å². The van der Waals surface area contributed by atoms with E-state index in [0.717, 1.165) is 22.8 Å². The molecule has 5 heteroatoms. The zero-order valence-corrected chi connectivity index (χ0v) is 13.5. The van der Waals surface area contributed by atoms with E-state index in [1.54, 1.807) is 25.3 Å². The molecule has 0 spiro atoms. The molecule has 2 heterocycles. The number of carbonyl (C=O) groups excluding carboxylic acids is 1. The predicted octanol–water partition coefficient (Wildman–Crippen LogP) is 4.01. The Bertz CT molecular complexity index is 772. The van der Waals surface area contributed by atoms with E-state index in [1.807, 2.05) is 36.4 Å². The Balaban J connectivity index is 1.59. The van der Waals surface area contributed by atoms with Crippen LogP contribution < -0.4 is 5.32 Å². The standard InChI is InChI=1S/C19H19NO4/c1-2-22-19(21)15-7-5-14(6-8-15)18-10-9-17(24-18)13-20-12-16-4-3-11-23-16/h3-11,20H,2,12-13H2,1H3. The lowest BCUT2D eigenvalue weighted by Gasteiger charge is -2.03. The molecule has 0 radical (unpaired) electrons. The van der Waals surface area contributed by atoms with Gasteiger partial charge in [0.15, 0.2) is 0 Å².